The molecular formula is C15H26N2O2. The summed E-state index contributed by atoms with van der Waals surface area (Å²) in [7, 11) is 1.56. The van der Waals surface area contributed by atoms with Crippen LogP contribution in [0.15, 0.2) is 18.2 Å². The molecule has 0 saturated heterocycles. The van der Waals surface area contributed by atoms with Crippen molar-refractivity contribution in [1.82, 2.24) is 4.90 Å². The molecule has 0 saturated carbocycles. The second-order valence-electron chi connectivity index (χ2n) is 4.72. The van der Waals surface area contributed by atoms with E-state index in [2.05, 4.69) is 18.7 Å². The van der Waals surface area contributed by atoms with E-state index in [1.165, 1.54) is 0 Å². The topological polar surface area (TPSA) is 58.7 Å². The Balaban J connectivity index is 2.99. The minimum Gasteiger partial charge on any atom is -0.504 e. The number of ether oxygens (including phenoxy) is 1. The molecule has 108 valence electrons. The zero-order valence-electron chi connectivity index (χ0n) is 12.2. The molecule has 1 atom stereocenters. The van der Waals surface area contributed by atoms with Crippen molar-refractivity contribution in [3.63, 3.8) is 0 Å². The maximum Gasteiger partial charge on any atom is 0.160 e. The molecule has 0 radical (unpaired) electrons. The second kappa shape index (κ2) is 8.02. The molecule has 1 aromatic rings. The van der Waals surface area contributed by atoms with Gasteiger partial charge in [-0.15, -0.1) is 0 Å². The third-order valence-electron chi connectivity index (χ3n) is 3.27. The number of rotatable bonds is 8. The van der Waals surface area contributed by atoms with Gasteiger partial charge in [0.05, 0.1) is 7.11 Å². The highest BCUT2D eigenvalue weighted by molar-refractivity contribution is 5.42. The molecule has 0 aliphatic carbocycles. The van der Waals surface area contributed by atoms with E-state index in [-0.39, 0.29) is 11.8 Å². The average molecular weight is 266 g/mol. The Morgan fingerprint density at radius 1 is 1.26 bits per heavy atom. The minimum absolute atomic E-state index is 0.166. The number of aromatic hydroxyl groups is 1. The number of phenolic OH excluding ortho intramolecular Hbond substituents is 1. The fourth-order valence-electron chi connectivity index (χ4n) is 2.40. The number of benzene rings is 1. The van der Waals surface area contributed by atoms with Gasteiger partial charge in [0.25, 0.3) is 0 Å². The van der Waals surface area contributed by atoms with E-state index in [9.17, 15) is 5.11 Å². The summed E-state index contributed by atoms with van der Waals surface area (Å²) >= 11 is 0. The number of nitrogens with zero attached hydrogens (tertiary/aromatic N) is 1. The van der Waals surface area contributed by atoms with Crippen molar-refractivity contribution in [3.8, 4) is 11.5 Å². The van der Waals surface area contributed by atoms with E-state index in [0.29, 0.717) is 12.3 Å². The van der Waals surface area contributed by atoms with Gasteiger partial charge in [0, 0.05) is 12.6 Å². The van der Waals surface area contributed by atoms with Crippen molar-refractivity contribution in [2.45, 2.75) is 32.7 Å². The molecule has 4 nitrogen and oxygen atoms in total. The Kier molecular flexibility index (Phi) is 6.67. The van der Waals surface area contributed by atoms with Crippen molar-refractivity contribution >= 4 is 0 Å². The first kappa shape index (κ1) is 15.8. The SMILES string of the molecule is CCCN(CCC)C(CN)c1ccc(O)c(OC)c1. The lowest BCUT2D eigenvalue weighted by molar-refractivity contribution is 0.201. The van der Waals surface area contributed by atoms with E-state index in [0.717, 1.165) is 31.5 Å². The smallest absolute Gasteiger partial charge is 0.160 e. The number of hydrogen-bond donors (Lipinski definition) is 2. The van der Waals surface area contributed by atoms with Gasteiger partial charge in [0.15, 0.2) is 11.5 Å². The maximum atomic E-state index is 9.66. The third-order valence-corrected chi connectivity index (χ3v) is 3.27. The molecule has 0 spiro atoms. The first-order valence-electron chi connectivity index (χ1n) is 6.98. The summed E-state index contributed by atoms with van der Waals surface area (Å²) in [4.78, 5) is 2.39. The van der Waals surface area contributed by atoms with E-state index in [4.69, 9.17) is 10.5 Å². The summed E-state index contributed by atoms with van der Waals surface area (Å²) in [5.74, 6) is 0.670. The summed E-state index contributed by atoms with van der Waals surface area (Å²) in [5, 5.41) is 9.66. The van der Waals surface area contributed by atoms with Gasteiger partial charge >= 0.3 is 0 Å². The van der Waals surface area contributed by atoms with E-state index in [1.54, 1.807) is 13.2 Å². The summed E-state index contributed by atoms with van der Waals surface area (Å²) < 4.78 is 5.17. The summed E-state index contributed by atoms with van der Waals surface area (Å²) in [5.41, 5.74) is 7.05. The molecule has 3 N–H and O–H groups in total. The van der Waals surface area contributed by atoms with Crippen LogP contribution in [0.3, 0.4) is 0 Å². The maximum absolute atomic E-state index is 9.66. The van der Waals surface area contributed by atoms with Crippen LogP contribution in [0, 0.1) is 0 Å². The number of methoxy groups -OCH3 is 1. The Labute approximate surface area is 116 Å². The zero-order valence-corrected chi connectivity index (χ0v) is 12.2. The monoisotopic (exact) mass is 266 g/mol. The average Bonchev–Trinajstić information content (AvgIpc) is 2.42. The van der Waals surface area contributed by atoms with Crippen LogP contribution < -0.4 is 10.5 Å². The van der Waals surface area contributed by atoms with E-state index < -0.39 is 0 Å². The highest BCUT2D eigenvalue weighted by atomic mass is 16.5. The lowest BCUT2D eigenvalue weighted by Gasteiger charge is -2.31. The fraction of sp³-hybridized carbons (Fsp3) is 0.600. The normalized spacial score (nSPS) is 12.7. The molecule has 0 aromatic heterocycles. The molecule has 0 aliphatic rings. The molecule has 0 aliphatic heterocycles. The van der Waals surface area contributed by atoms with Crippen LogP contribution in [-0.4, -0.2) is 36.8 Å². The Bertz CT molecular complexity index is 376. The quantitative estimate of drug-likeness (QED) is 0.759. The third kappa shape index (κ3) is 4.11. The first-order chi connectivity index (χ1) is 9.17. The van der Waals surface area contributed by atoms with Gasteiger partial charge < -0.3 is 15.6 Å². The number of phenols is 1. The molecule has 1 aromatic carbocycles. The van der Waals surface area contributed by atoms with Gasteiger partial charge in [0.2, 0.25) is 0 Å². The largest absolute Gasteiger partial charge is 0.504 e. The van der Waals surface area contributed by atoms with Crippen LogP contribution in [0.25, 0.3) is 0 Å². The first-order valence-corrected chi connectivity index (χ1v) is 6.98. The van der Waals surface area contributed by atoms with Crippen LogP contribution >= 0.6 is 0 Å². The summed E-state index contributed by atoms with van der Waals surface area (Å²) in [6.45, 7) is 6.97. The van der Waals surface area contributed by atoms with E-state index >= 15 is 0 Å². The van der Waals surface area contributed by atoms with Gasteiger partial charge in [0.1, 0.15) is 0 Å². The standard InChI is InChI=1S/C15H26N2O2/c1-4-8-17(9-5-2)13(11-16)12-6-7-14(18)15(10-12)19-3/h6-7,10,13,18H,4-5,8-9,11,16H2,1-3H3. The highest BCUT2D eigenvalue weighted by Gasteiger charge is 2.19. The molecule has 1 unspecified atom stereocenters. The van der Waals surface area contributed by atoms with Gasteiger partial charge in [-0.1, -0.05) is 19.9 Å². The molecule has 1 rings (SSSR count). The summed E-state index contributed by atoms with van der Waals surface area (Å²) in [6, 6.07) is 5.65. The van der Waals surface area contributed by atoms with Gasteiger partial charge in [-0.3, -0.25) is 4.90 Å². The number of hydrogen-bond acceptors (Lipinski definition) is 4. The zero-order chi connectivity index (χ0) is 14.3. The molecular weight excluding hydrogens is 240 g/mol. The van der Waals surface area contributed by atoms with Crippen LogP contribution in [-0.2, 0) is 0 Å². The van der Waals surface area contributed by atoms with Crippen molar-refractivity contribution < 1.29 is 9.84 Å². The molecule has 0 amide bonds. The number of nitrogens with two attached hydrogens (primary N) is 1. The lowest BCUT2D eigenvalue weighted by Crippen LogP contribution is -2.35. The van der Waals surface area contributed by atoms with Crippen molar-refractivity contribution in [2.24, 2.45) is 5.73 Å². The van der Waals surface area contributed by atoms with Crippen LogP contribution in [0.4, 0.5) is 0 Å². The van der Waals surface area contributed by atoms with Gasteiger partial charge in [-0.05, 0) is 43.6 Å². The van der Waals surface area contributed by atoms with Crippen LogP contribution in [0.1, 0.15) is 38.3 Å². The second-order valence-corrected chi connectivity index (χ2v) is 4.72. The Hall–Kier alpha value is -1.26. The molecule has 4 heteroatoms. The molecule has 0 fully saturated rings. The van der Waals surface area contributed by atoms with Gasteiger partial charge in [-0.25, -0.2) is 0 Å². The van der Waals surface area contributed by atoms with Crippen molar-refractivity contribution in [3.05, 3.63) is 23.8 Å². The predicted octanol–water partition coefficient (Wildman–Crippen LogP) is 2.52. The Morgan fingerprint density at radius 2 is 1.89 bits per heavy atom. The van der Waals surface area contributed by atoms with Gasteiger partial charge in [-0.2, -0.15) is 0 Å². The van der Waals surface area contributed by atoms with Crippen LogP contribution in [0.2, 0.25) is 0 Å². The fourth-order valence-corrected chi connectivity index (χ4v) is 2.40. The predicted molar refractivity (Wildman–Crippen MR) is 78.6 cm³/mol. The molecule has 19 heavy (non-hydrogen) atoms. The minimum atomic E-state index is 0.166. The molecule has 0 heterocycles. The summed E-state index contributed by atoms with van der Waals surface area (Å²) in [6.07, 6.45) is 2.21. The highest BCUT2D eigenvalue weighted by Crippen LogP contribution is 2.30. The Morgan fingerprint density at radius 3 is 2.37 bits per heavy atom. The molecule has 0 bridgehead atoms. The lowest BCUT2D eigenvalue weighted by atomic mass is 10.0. The van der Waals surface area contributed by atoms with E-state index in [1.807, 2.05) is 12.1 Å². The van der Waals surface area contributed by atoms with Crippen LogP contribution in [0.5, 0.6) is 11.5 Å². The van der Waals surface area contributed by atoms with Crippen molar-refractivity contribution in [1.29, 1.82) is 0 Å². The van der Waals surface area contributed by atoms with Crippen molar-refractivity contribution in [2.75, 3.05) is 26.7 Å².